The molecule has 6 heteroatoms. The summed E-state index contributed by atoms with van der Waals surface area (Å²) in [4.78, 5) is 17.0. The normalized spacial score (nSPS) is 20.8. The number of nitrogens with zero attached hydrogens (tertiary/aromatic N) is 4. The molecule has 0 amide bonds. The van der Waals surface area contributed by atoms with E-state index in [9.17, 15) is 0 Å². The number of rotatable bonds is 5. The highest BCUT2D eigenvalue weighted by molar-refractivity contribution is 5.87. The number of H-pyrrole nitrogens is 1. The van der Waals surface area contributed by atoms with Crippen molar-refractivity contribution in [3.05, 3.63) is 18.6 Å². The summed E-state index contributed by atoms with van der Waals surface area (Å²) in [5.41, 5.74) is 0.938. The lowest BCUT2D eigenvalue weighted by Crippen LogP contribution is -2.37. The summed E-state index contributed by atoms with van der Waals surface area (Å²) in [7, 11) is 0. The molecule has 0 bridgehead atoms. The average Bonchev–Trinajstić information content (AvgIpc) is 3.12. The molecule has 2 aliphatic rings. The van der Waals surface area contributed by atoms with Gasteiger partial charge in [0.1, 0.15) is 17.8 Å². The number of hydrogen-bond acceptors (Lipinski definition) is 5. The van der Waals surface area contributed by atoms with E-state index in [1.807, 2.05) is 6.20 Å². The number of anilines is 1. The Balaban J connectivity index is 1.25. The largest absolute Gasteiger partial charge is 0.379 e. The molecule has 24 heavy (non-hydrogen) atoms. The molecule has 130 valence electrons. The molecule has 0 aromatic carbocycles. The molecule has 2 aromatic rings. The van der Waals surface area contributed by atoms with E-state index in [2.05, 4.69) is 30.8 Å². The van der Waals surface area contributed by atoms with Gasteiger partial charge in [-0.1, -0.05) is 0 Å². The molecule has 0 spiro atoms. The monoisotopic (exact) mass is 329 g/mol. The molecular weight excluding hydrogens is 302 g/mol. The van der Waals surface area contributed by atoms with Crippen LogP contribution < -0.4 is 4.90 Å². The molecule has 2 saturated heterocycles. The van der Waals surface area contributed by atoms with Crippen LogP contribution in [0.2, 0.25) is 0 Å². The number of fused-ring (bicyclic) bond motifs is 1. The summed E-state index contributed by atoms with van der Waals surface area (Å²) < 4.78 is 5.41. The predicted molar refractivity (Wildman–Crippen MR) is 95.3 cm³/mol. The SMILES string of the molecule is c1nc(N2CCC(CCCN3CCOCC3)CC2)c2cc[nH]c2n1. The number of aromatic nitrogens is 3. The molecule has 1 N–H and O–H groups in total. The van der Waals surface area contributed by atoms with Gasteiger partial charge in [-0.15, -0.1) is 0 Å². The predicted octanol–water partition coefficient (Wildman–Crippen LogP) is 2.29. The smallest absolute Gasteiger partial charge is 0.142 e. The molecular formula is C18H27N5O. The standard InChI is InChI=1S/C18H27N5O/c1(7-22-10-12-24-13-11-22)2-15-4-8-23(9-5-15)18-16-3-6-19-17(16)20-14-21-18/h3,6,14-15H,1-2,4-5,7-13H2,(H,19,20,21). The molecule has 0 radical (unpaired) electrons. The zero-order valence-corrected chi connectivity index (χ0v) is 14.3. The molecule has 4 heterocycles. The molecule has 4 rings (SSSR count). The van der Waals surface area contributed by atoms with E-state index in [1.54, 1.807) is 6.33 Å². The minimum Gasteiger partial charge on any atom is -0.379 e. The fourth-order valence-electron chi connectivity index (χ4n) is 3.97. The van der Waals surface area contributed by atoms with Crippen molar-refractivity contribution in [1.82, 2.24) is 19.9 Å². The maximum Gasteiger partial charge on any atom is 0.142 e. The molecule has 2 aromatic heterocycles. The van der Waals surface area contributed by atoms with E-state index in [4.69, 9.17) is 4.74 Å². The summed E-state index contributed by atoms with van der Waals surface area (Å²) in [5.74, 6) is 1.96. The fraction of sp³-hybridized carbons (Fsp3) is 0.667. The summed E-state index contributed by atoms with van der Waals surface area (Å²) in [6.07, 6.45) is 8.84. The second-order valence-corrected chi connectivity index (χ2v) is 6.96. The van der Waals surface area contributed by atoms with Crippen LogP contribution in [0.25, 0.3) is 11.0 Å². The Labute approximate surface area is 143 Å². The van der Waals surface area contributed by atoms with Gasteiger partial charge in [-0.3, -0.25) is 4.90 Å². The third-order valence-electron chi connectivity index (χ3n) is 5.44. The lowest BCUT2D eigenvalue weighted by atomic mass is 9.92. The van der Waals surface area contributed by atoms with Gasteiger partial charge in [0.05, 0.1) is 18.6 Å². The first-order valence-corrected chi connectivity index (χ1v) is 9.23. The van der Waals surface area contributed by atoms with Gasteiger partial charge in [0.2, 0.25) is 0 Å². The van der Waals surface area contributed by atoms with Crippen molar-refractivity contribution in [2.45, 2.75) is 25.7 Å². The lowest BCUT2D eigenvalue weighted by molar-refractivity contribution is 0.0365. The summed E-state index contributed by atoms with van der Waals surface area (Å²) >= 11 is 0. The molecule has 2 fully saturated rings. The van der Waals surface area contributed by atoms with Crippen molar-refractivity contribution in [2.24, 2.45) is 5.92 Å². The van der Waals surface area contributed by atoms with Gasteiger partial charge in [-0.05, 0) is 44.2 Å². The highest BCUT2D eigenvalue weighted by Gasteiger charge is 2.22. The Morgan fingerprint density at radius 1 is 1.12 bits per heavy atom. The highest BCUT2D eigenvalue weighted by atomic mass is 16.5. The van der Waals surface area contributed by atoms with Crippen LogP contribution in [0.3, 0.4) is 0 Å². The van der Waals surface area contributed by atoms with Crippen molar-refractivity contribution in [1.29, 1.82) is 0 Å². The van der Waals surface area contributed by atoms with Gasteiger partial charge in [0, 0.05) is 32.4 Å². The lowest BCUT2D eigenvalue weighted by Gasteiger charge is -2.33. The quantitative estimate of drug-likeness (QED) is 0.912. The molecule has 0 saturated carbocycles. The maximum atomic E-state index is 5.41. The van der Waals surface area contributed by atoms with E-state index < -0.39 is 0 Å². The topological polar surface area (TPSA) is 57.3 Å². The second-order valence-electron chi connectivity index (χ2n) is 6.96. The fourth-order valence-corrected chi connectivity index (χ4v) is 3.97. The van der Waals surface area contributed by atoms with Crippen molar-refractivity contribution >= 4 is 16.9 Å². The summed E-state index contributed by atoms with van der Waals surface area (Å²) in [5, 5.41) is 1.14. The van der Waals surface area contributed by atoms with Gasteiger partial charge >= 0.3 is 0 Å². The van der Waals surface area contributed by atoms with Crippen LogP contribution in [0.1, 0.15) is 25.7 Å². The highest BCUT2D eigenvalue weighted by Crippen LogP contribution is 2.28. The van der Waals surface area contributed by atoms with E-state index in [-0.39, 0.29) is 0 Å². The van der Waals surface area contributed by atoms with Crippen LogP contribution in [-0.2, 0) is 4.74 Å². The third kappa shape index (κ3) is 3.54. The molecule has 2 aliphatic heterocycles. The Hall–Kier alpha value is -1.66. The van der Waals surface area contributed by atoms with Crippen LogP contribution in [0.15, 0.2) is 18.6 Å². The van der Waals surface area contributed by atoms with Crippen molar-refractivity contribution in [3.8, 4) is 0 Å². The zero-order chi connectivity index (χ0) is 16.2. The zero-order valence-electron chi connectivity index (χ0n) is 14.3. The Kier molecular flexibility index (Phi) is 4.94. The minimum absolute atomic E-state index is 0.867. The molecule has 0 atom stereocenters. The van der Waals surface area contributed by atoms with Gasteiger partial charge in [0.15, 0.2) is 0 Å². The number of hydrogen-bond donors (Lipinski definition) is 1. The first kappa shape index (κ1) is 15.8. The van der Waals surface area contributed by atoms with E-state index >= 15 is 0 Å². The van der Waals surface area contributed by atoms with Gasteiger partial charge in [-0.25, -0.2) is 9.97 Å². The van der Waals surface area contributed by atoms with Gasteiger partial charge in [-0.2, -0.15) is 0 Å². The minimum atomic E-state index is 0.867. The van der Waals surface area contributed by atoms with E-state index in [0.717, 1.165) is 62.2 Å². The van der Waals surface area contributed by atoms with Gasteiger partial charge < -0.3 is 14.6 Å². The number of nitrogens with one attached hydrogen (secondary N) is 1. The van der Waals surface area contributed by atoms with E-state index in [0.29, 0.717) is 0 Å². The Morgan fingerprint density at radius 3 is 2.79 bits per heavy atom. The van der Waals surface area contributed by atoms with Crippen molar-refractivity contribution in [3.63, 3.8) is 0 Å². The van der Waals surface area contributed by atoms with Crippen LogP contribution in [-0.4, -0.2) is 65.8 Å². The molecule has 6 nitrogen and oxygen atoms in total. The van der Waals surface area contributed by atoms with Crippen LogP contribution in [0.4, 0.5) is 5.82 Å². The maximum absolute atomic E-state index is 5.41. The van der Waals surface area contributed by atoms with Crippen molar-refractivity contribution < 1.29 is 4.74 Å². The average molecular weight is 329 g/mol. The first-order chi connectivity index (χ1) is 11.9. The molecule has 0 unspecified atom stereocenters. The van der Waals surface area contributed by atoms with Crippen LogP contribution in [0.5, 0.6) is 0 Å². The number of piperidine rings is 1. The third-order valence-corrected chi connectivity index (χ3v) is 5.44. The number of morpholine rings is 1. The number of ether oxygens (including phenoxy) is 1. The summed E-state index contributed by atoms with van der Waals surface area (Å²) in [6, 6.07) is 2.08. The van der Waals surface area contributed by atoms with Crippen LogP contribution in [0, 0.1) is 5.92 Å². The number of aromatic amines is 1. The summed E-state index contributed by atoms with van der Waals surface area (Å²) in [6.45, 7) is 7.49. The Bertz CT molecular complexity index is 644. The van der Waals surface area contributed by atoms with Crippen LogP contribution >= 0.6 is 0 Å². The van der Waals surface area contributed by atoms with E-state index in [1.165, 1.54) is 32.2 Å². The second kappa shape index (κ2) is 7.49. The van der Waals surface area contributed by atoms with Gasteiger partial charge in [0.25, 0.3) is 0 Å². The van der Waals surface area contributed by atoms with Crippen molar-refractivity contribution in [2.75, 3.05) is 50.8 Å². The molecule has 0 aliphatic carbocycles. The Morgan fingerprint density at radius 2 is 1.96 bits per heavy atom. The first-order valence-electron chi connectivity index (χ1n) is 9.23.